The Hall–Kier alpha value is -0.650. The van der Waals surface area contributed by atoms with Crippen LogP contribution in [0.4, 0.5) is 0 Å². The Labute approximate surface area is 121 Å². The van der Waals surface area contributed by atoms with Crippen LogP contribution in [0.2, 0.25) is 0 Å². The third-order valence-corrected chi connectivity index (χ3v) is 4.54. The van der Waals surface area contributed by atoms with Crippen LogP contribution in [0.5, 0.6) is 0 Å². The van der Waals surface area contributed by atoms with Gasteiger partial charge >= 0.3 is 5.97 Å². The number of hydrogen-bond donors (Lipinski definition) is 2. The fourth-order valence-electron chi connectivity index (χ4n) is 2.92. The van der Waals surface area contributed by atoms with Crippen molar-refractivity contribution in [2.75, 3.05) is 20.2 Å². The molecule has 0 spiro atoms. The van der Waals surface area contributed by atoms with E-state index in [0.717, 1.165) is 38.8 Å². The van der Waals surface area contributed by atoms with Crippen LogP contribution in [0.15, 0.2) is 0 Å². The molecule has 3 atom stereocenters. The average molecular weight is 284 g/mol. The van der Waals surface area contributed by atoms with Crippen LogP contribution in [0, 0.1) is 0 Å². The molecule has 3 unspecified atom stereocenters. The van der Waals surface area contributed by atoms with E-state index in [2.05, 4.69) is 24.2 Å². The van der Waals surface area contributed by atoms with E-state index < -0.39 is 11.5 Å². The summed E-state index contributed by atoms with van der Waals surface area (Å²) in [5.41, 5.74) is -0.828. The second-order valence-corrected chi connectivity index (χ2v) is 6.68. The minimum atomic E-state index is -0.828. The largest absolute Gasteiger partial charge is 0.480 e. The van der Waals surface area contributed by atoms with Crippen molar-refractivity contribution in [3.8, 4) is 0 Å². The van der Waals surface area contributed by atoms with Gasteiger partial charge in [0, 0.05) is 25.2 Å². The Bertz CT molecular complexity index is 340. The molecule has 0 amide bonds. The third-order valence-electron chi connectivity index (χ3n) is 4.54. The first-order chi connectivity index (χ1) is 9.40. The summed E-state index contributed by atoms with van der Waals surface area (Å²) in [6, 6.07) is 0.610. The molecule has 2 aliphatic rings. The van der Waals surface area contributed by atoms with Crippen LogP contribution < -0.4 is 5.32 Å². The van der Waals surface area contributed by atoms with Crippen molar-refractivity contribution in [2.24, 2.45) is 0 Å². The Morgan fingerprint density at radius 2 is 2.20 bits per heavy atom. The number of ether oxygens (including phenoxy) is 1. The molecule has 1 saturated carbocycles. The molecule has 116 valence electrons. The number of likely N-dealkylation sites (N-methyl/N-ethyl adjacent to an activating group) is 1. The summed E-state index contributed by atoms with van der Waals surface area (Å²) in [7, 11) is 2.06. The summed E-state index contributed by atoms with van der Waals surface area (Å²) >= 11 is 0. The van der Waals surface area contributed by atoms with E-state index >= 15 is 0 Å². The molecule has 0 aromatic rings. The minimum absolute atomic E-state index is 0.214. The molecule has 0 aromatic heterocycles. The van der Waals surface area contributed by atoms with Crippen molar-refractivity contribution in [1.29, 1.82) is 0 Å². The van der Waals surface area contributed by atoms with Crippen LogP contribution in [0.25, 0.3) is 0 Å². The number of nitrogens with one attached hydrogen (secondary N) is 1. The fourth-order valence-corrected chi connectivity index (χ4v) is 2.92. The van der Waals surface area contributed by atoms with Gasteiger partial charge < -0.3 is 14.7 Å². The van der Waals surface area contributed by atoms with Crippen molar-refractivity contribution >= 4 is 5.97 Å². The summed E-state index contributed by atoms with van der Waals surface area (Å²) in [6.07, 6.45) is 5.39. The SMILES string of the molecule is CC(CC(C)(NC1CC1)C(=O)O)N(C)CC1CCCO1. The monoisotopic (exact) mass is 284 g/mol. The quantitative estimate of drug-likeness (QED) is 0.707. The Morgan fingerprint density at radius 3 is 2.70 bits per heavy atom. The maximum atomic E-state index is 11.6. The highest BCUT2D eigenvalue weighted by atomic mass is 16.5. The van der Waals surface area contributed by atoms with Gasteiger partial charge in [-0.3, -0.25) is 10.1 Å². The van der Waals surface area contributed by atoms with Gasteiger partial charge in [0.2, 0.25) is 0 Å². The highest BCUT2D eigenvalue weighted by molar-refractivity contribution is 5.78. The van der Waals surface area contributed by atoms with Gasteiger partial charge in [-0.25, -0.2) is 0 Å². The number of nitrogens with zero attached hydrogens (tertiary/aromatic N) is 1. The number of rotatable bonds is 8. The summed E-state index contributed by atoms with van der Waals surface area (Å²) < 4.78 is 5.65. The number of hydrogen-bond acceptors (Lipinski definition) is 4. The van der Waals surface area contributed by atoms with Crippen LogP contribution in [0.3, 0.4) is 0 Å². The predicted molar refractivity (Wildman–Crippen MR) is 77.9 cm³/mol. The van der Waals surface area contributed by atoms with Crippen LogP contribution in [-0.2, 0) is 9.53 Å². The molecular weight excluding hydrogens is 256 g/mol. The maximum Gasteiger partial charge on any atom is 0.323 e. The molecule has 0 radical (unpaired) electrons. The number of carboxylic acid groups (broad SMARTS) is 1. The maximum absolute atomic E-state index is 11.6. The van der Waals surface area contributed by atoms with Crippen molar-refractivity contribution in [1.82, 2.24) is 10.2 Å². The van der Waals surface area contributed by atoms with E-state index in [9.17, 15) is 9.90 Å². The zero-order valence-corrected chi connectivity index (χ0v) is 12.9. The zero-order valence-electron chi connectivity index (χ0n) is 12.9. The van der Waals surface area contributed by atoms with Crippen LogP contribution >= 0.6 is 0 Å². The lowest BCUT2D eigenvalue weighted by Gasteiger charge is -2.34. The molecule has 0 bridgehead atoms. The number of aliphatic carboxylic acids is 1. The van der Waals surface area contributed by atoms with Crippen LogP contribution in [0.1, 0.15) is 46.0 Å². The minimum Gasteiger partial charge on any atom is -0.480 e. The third kappa shape index (κ3) is 4.17. The van der Waals surface area contributed by atoms with E-state index in [1.165, 1.54) is 0 Å². The summed E-state index contributed by atoms with van der Waals surface area (Å²) in [5.74, 6) is -0.748. The van der Waals surface area contributed by atoms with E-state index in [-0.39, 0.29) is 6.04 Å². The summed E-state index contributed by atoms with van der Waals surface area (Å²) in [4.78, 5) is 13.8. The predicted octanol–water partition coefficient (Wildman–Crippen LogP) is 1.47. The topological polar surface area (TPSA) is 61.8 Å². The van der Waals surface area contributed by atoms with Gasteiger partial charge in [-0.15, -0.1) is 0 Å². The summed E-state index contributed by atoms with van der Waals surface area (Å²) in [6.45, 7) is 5.66. The van der Waals surface area contributed by atoms with E-state index in [0.29, 0.717) is 18.6 Å². The molecule has 1 aliphatic carbocycles. The molecular formula is C15H28N2O3. The molecule has 5 heteroatoms. The van der Waals surface area contributed by atoms with Gasteiger partial charge in [-0.05, 0) is 53.0 Å². The normalized spacial score (nSPS) is 27.5. The smallest absolute Gasteiger partial charge is 0.323 e. The highest BCUT2D eigenvalue weighted by Gasteiger charge is 2.40. The molecule has 2 rings (SSSR count). The molecule has 1 heterocycles. The molecule has 20 heavy (non-hydrogen) atoms. The van der Waals surface area contributed by atoms with Gasteiger partial charge in [0.15, 0.2) is 0 Å². The zero-order chi connectivity index (χ0) is 14.8. The highest BCUT2D eigenvalue weighted by Crippen LogP contribution is 2.26. The van der Waals surface area contributed by atoms with Gasteiger partial charge in [-0.1, -0.05) is 0 Å². The van der Waals surface area contributed by atoms with E-state index in [4.69, 9.17) is 4.74 Å². The molecule has 1 aliphatic heterocycles. The first-order valence-corrected chi connectivity index (χ1v) is 7.73. The fraction of sp³-hybridized carbons (Fsp3) is 0.933. The molecule has 2 fully saturated rings. The second kappa shape index (κ2) is 6.41. The lowest BCUT2D eigenvalue weighted by Crippen LogP contribution is -2.54. The lowest BCUT2D eigenvalue weighted by atomic mass is 9.92. The molecule has 5 nitrogen and oxygen atoms in total. The van der Waals surface area contributed by atoms with Crippen molar-refractivity contribution in [2.45, 2.75) is 69.7 Å². The molecule has 0 aromatic carbocycles. The molecule has 2 N–H and O–H groups in total. The van der Waals surface area contributed by atoms with Gasteiger partial charge in [-0.2, -0.15) is 0 Å². The van der Waals surface area contributed by atoms with Gasteiger partial charge in [0.1, 0.15) is 5.54 Å². The van der Waals surface area contributed by atoms with Crippen molar-refractivity contribution in [3.63, 3.8) is 0 Å². The standard InChI is InChI=1S/C15H28N2O3/c1-11(17(3)10-13-5-4-8-20-13)9-15(2,14(18)19)16-12-6-7-12/h11-13,16H,4-10H2,1-3H3,(H,18,19). The average Bonchev–Trinajstić information content (AvgIpc) is 3.02. The molecule has 1 saturated heterocycles. The second-order valence-electron chi connectivity index (χ2n) is 6.68. The van der Waals surface area contributed by atoms with Crippen LogP contribution in [-0.4, -0.2) is 59.9 Å². The van der Waals surface area contributed by atoms with Crippen molar-refractivity contribution < 1.29 is 14.6 Å². The summed E-state index contributed by atoms with van der Waals surface area (Å²) in [5, 5.41) is 12.8. The number of carbonyl (C=O) groups is 1. The Balaban J connectivity index is 1.85. The Morgan fingerprint density at radius 1 is 1.50 bits per heavy atom. The van der Waals surface area contributed by atoms with Gasteiger partial charge in [0.05, 0.1) is 6.10 Å². The Kier molecular flexibility index (Phi) is 5.04. The first kappa shape index (κ1) is 15.7. The van der Waals surface area contributed by atoms with Gasteiger partial charge in [0.25, 0.3) is 0 Å². The van der Waals surface area contributed by atoms with E-state index in [1.807, 2.05) is 6.92 Å². The van der Waals surface area contributed by atoms with E-state index in [1.54, 1.807) is 0 Å². The van der Waals surface area contributed by atoms with Crippen molar-refractivity contribution in [3.05, 3.63) is 0 Å². The first-order valence-electron chi connectivity index (χ1n) is 7.73. The lowest BCUT2D eigenvalue weighted by molar-refractivity contribution is -0.145. The number of carboxylic acids is 1.